The van der Waals surface area contributed by atoms with Gasteiger partial charge < -0.3 is 21.1 Å². The third-order valence-electron chi connectivity index (χ3n) is 4.40. The van der Waals surface area contributed by atoms with E-state index >= 15 is 0 Å². The number of aromatic nitrogens is 2. The number of halogens is 1. The van der Waals surface area contributed by atoms with E-state index in [0.717, 1.165) is 10.5 Å². The van der Waals surface area contributed by atoms with Crippen molar-refractivity contribution in [2.24, 2.45) is 0 Å². The van der Waals surface area contributed by atoms with Crippen molar-refractivity contribution in [2.45, 2.75) is 24.3 Å². The minimum Gasteiger partial charge on any atom is -0.481 e. The average molecular weight is 472 g/mol. The van der Waals surface area contributed by atoms with Crippen LogP contribution in [0.15, 0.2) is 59.5 Å². The number of thioether (sulfide) groups is 1. The van der Waals surface area contributed by atoms with Crippen molar-refractivity contribution in [3.63, 3.8) is 0 Å². The van der Waals surface area contributed by atoms with E-state index in [1.165, 1.54) is 12.1 Å². The SMILES string of the molecule is CSc1ccc(C(CC(=O)O)NC(=S)Nc2nc(C)cc(Nc3ccc(F)cc3)n2)cc1. The molecule has 3 aromatic rings. The van der Waals surface area contributed by atoms with E-state index < -0.39 is 12.0 Å². The van der Waals surface area contributed by atoms with Gasteiger partial charge in [-0.15, -0.1) is 11.8 Å². The third-order valence-corrected chi connectivity index (χ3v) is 5.36. The molecule has 166 valence electrons. The van der Waals surface area contributed by atoms with Gasteiger partial charge in [0, 0.05) is 22.3 Å². The summed E-state index contributed by atoms with van der Waals surface area (Å²) in [4.78, 5) is 21.2. The lowest BCUT2D eigenvalue weighted by Crippen LogP contribution is -2.34. The molecule has 1 aromatic heterocycles. The van der Waals surface area contributed by atoms with Crippen LogP contribution in [-0.2, 0) is 4.79 Å². The number of carbonyl (C=O) groups is 1. The maximum absolute atomic E-state index is 13.1. The standard InChI is InChI=1S/C22H22FN5O2S2/c1-13-11-19(25-16-7-5-15(23)6-8-16)27-21(24-13)28-22(31)26-18(12-20(29)30)14-3-9-17(32-2)10-4-14/h3-11,18H,12H2,1-2H3,(H,29,30)(H3,24,25,26,27,28,31). The summed E-state index contributed by atoms with van der Waals surface area (Å²) in [6.45, 7) is 1.81. The summed E-state index contributed by atoms with van der Waals surface area (Å²) in [5.41, 5.74) is 2.16. The summed E-state index contributed by atoms with van der Waals surface area (Å²) in [5, 5.41) is 18.6. The Balaban J connectivity index is 1.71. The van der Waals surface area contributed by atoms with Crippen LogP contribution in [0.4, 0.5) is 21.8 Å². The summed E-state index contributed by atoms with van der Waals surface area (Å²) in [5.74, 6) is -0.521. The zero-order valence-corrected chi connectivity index (χ0v) is 19.1. The molecule has 32 heavy (non-hydrogen) atoms. The van der Waals surface area contributed by atoms with E-state index in [2.05, 4.69) is 25.9 Å². The highest BCUT2D eigenvalue weighted by Gasteiger charge is 2.17. The smallest absolute Gasteiger partial charge is 0.305 e. The average Bonchev–Trinajstić information content (AvgIpc) is 2.74. The van der Waals surface area contributed by atoms with Gasteiger partial charge in [0.25, 0.3) is 0 Å². The van der Waals surface area contributed by atoms with E-state index in [9.17, 15) is 14.3 Å². The van der Waals surface area contributed by atoms with E-state index in [4.69, 9.17) is 12.2 Å². The van der Waals surface area contributed by atoms with Crippen LogP contribution < -0.4 is 16.0 Å². The Bertz CT molecular complexity index is 1090. The molecule has 0 amide bonds. The monoisotopic (exact) mass is 471 g/mol. The van der Waals surface area contributed by atoms with Crippen LogP contribution in [-0.4, -0.2) is 32.4 Å². The van der Waals surface area contributed by atoms with Crippen molar-refractivity contribution in [1.29, 1.82) is 0 Å². The fourth-order valence-electron chi connectivity index (χ4n) is 2.93. The first-order valence-corrected chi connectivity index (χ1v) is 11.3. The predicted molar refractivity (Wildman–Crippen MR) is 129 cm³/mol. The Morgan fingerprint density at radius 1 is 1.16 bits per heavy atom. The maximum Gasteiger partial charge on any atom is 0.305 e. The molecule has 0 aliphatic carbocycles. The molecule has 0 spiro atoms. The fraction of sp³-hybridized carbons (Fsp3) is 0.182. The van der Waals surface area contributed by atoms with E-state index in [-0.39, 0.29) is 23.3 Å². The highest BCUT2D eigenvalue weighted by atomic mass is 32.2. The normalized spacial score (nSPS) is 11.5. The molecule has 10 heteroatoms. The summed E-state index contributed by atoms with van der Waals surface area (Å²) in [7, 11) is 0. The second-order valence-electron chi connectivity index (χ2n) is 6.87. The van der Waals surface area contributed by atoms with Crippen LogP contribution in [0.5, 0.6) is 0 Å². The summed E-state index contributed by atoms with van der Waals surface area (Å²) < 4.78 is 13.1. The van der Waals surface area contributed by atoms with Crippen LogP contribution in [0.1, 0.15) is 23.7 Å². The lowest BCUT2D eigenvalue weighted by Gasteiger charge is -2.20. The van der Waals surface area contributed by atoms with Crippen LogP contribution in [0, 0.1) is 12.7 Å². The number of benzene rings is 2. The molecule has 0 aliphatic rings. The van der Waals surface area contributed by atoms with Gasteiger partial charge in [-0.05, 0) is 67.4 Å². The van der Waals surface area contributed by atoms with Crippen LogP contribution in [0.3, 0.4) is 0 Å². The van der Waals surface area contributed by atoms with E-state index in [1.807, 2.05) is 30.5 Å². The Labute approximate surface area is 194 Å². The number of thiocarbonyl (C=S) groups is 1. The van der Waals surface area contributed by atoms with Gasteiger partial charge in [-0.1, -0.05) is 12.1 Å². The molecule has 0 saturated heterocycles. The zero-order valence-electron chi connectivity index (χ0n) is 17.4. The highest BCUT2D eigenvalue weighted by molar-refractivity contribution is 7.98. The Morgan fingerprint density at radius 3 is 2.47 bits per heavy atom. The molecule has 1 unspecified atom stereocenters. The van der Waals surface area contributed by atoms with Crippen molar-refractivity contribution >= 4 is 52.5 Å². The van der Waals surface area contributed by atoms with Crippen molar-refractivity contribution in [3.05, 3.63) is 71.7 Å². The predicted octanol–water partition coefficient (Wildman–Crippen LogP) is 4.89. The number of carboxylic acid groups (broad SMARTS) is 1. The molecular weight excluding hydrogens is 449 g/mol. The van der Waals surface area contributed by atoms with Gasteiger partial charge in [0.05, 0.1) is 12.5 Å². The summed E-state index contributed by atoms with van der Waals surface area (Å²) in [6.07, 6.45) is 1.83. The Hall–Kier alpha value is -3.24. The molecule has 1 atom stereocenters. The van der Waals surface area contributed by atoms with Crippen LogP contribution in [0.25, 0.3) is 0 Å². The Morgan fingerprint density at radius 2 is 1.84 bits per heavy atom. The molecule has 0 saturated carbocycles. The highest BCUT2D eigenvalue weighted by Crippen LogP contribution is 2.22. The molecule has 0 radical (unpaired) electrons. The third kappa shape index (κ3) is 6.89. The van der Waals surface area contributed by atoms with Crippen molar-refractivity contribution in [3.8, 4) is 0 Å². The first kappa shape index (κ1) is 23.4. The molecule has 4 N–H and O–H groups in total. The summed E-state index contributed by atoms with van der Waals surface area (Å²) >= 11 is 6.99. The van der Waals surface area contributed by atoms with Gasteiger partial charge in [0.1, 0.15) is 11.6 Å². The topological polar surface area (TPSA) is 99.2 Å². The van der Waals surface area contributed by atoms with Crippen molar-refractivity contribution in [1.82, 2.24) is 15.3 Å². The van der Waals surface area contributed by atoms with E-state index in [0.29, 0.717) is 17.2 Å². The van der Waals surface area contributed by atoms with Gasteiger partial charge >= 0.3 is 5.97 Å². The number of aryl methyl sites for hydroxylation is 1. The second-order valence-corrected chi connectivity index (χ2v) is 8.16. The molecule has 7 nitrogen and oxygen atoms in total. The molecule has 0 bridgehead atoms. The van der Waals surface area contributed by atoms with Crippen molar-refractivity contribution in [2.75, 3.05) is 16.9 Å². The van der Waals surface area contributed by atoms with Gasteiger partial charge in [-0.3, -0.25) is 4.79 Å². The maximum atomic E-state index is 13.1. The van der Waals surface area contributed by atoms with Gasteiger partial charge in [0.2, 0.25) is 5.95 Å². The quantitative estimate of drug-likeness (QED) is 0.270. The zero-order chi connectivity index (χ0) is 23.1. The largest absolute Gasteiger partial charge is 0.481 e. The number of hydrogen-bond donors (Lipinski definition) is 4. The lowest BCUT2D eigenvalue weighted by atomic mass is 10.0. The fourth-order valence-corrected chi connectivity index (χ4v) is 3.57. The minimum atomic E-state index is -0.947. The van der Waals surface area contributed by atoms with Crippen molar-refractivity contribution < 1.29 is 14.3 Å². The number of nitrogens with one attached hydrogen (secondary N) is 3. The molecular formula is C22H22FN5O2S2. The molecule has 3 rings (SSSR count). The first-order valence-electron chi connectivity index (χ1n) is 9.64. The Kier molecular flexibility index (Phi) is 7.96. The number of nitrogens with zero attached hydrogens (tertiary/aromatic N) is 2. The number of carboxylic acids is 1. The lowest BCUT2D eigenvalue weighted by molar-refractivity contribution is -0.137. The van der Waals surface area contributed by atoms with Crippen LogP contribution in [0.2, 0.25) is 0 Å². The molecule has 2 aromatic carbocycles. The molecule has 0 fully saturated rings. The van der Waals surface area contributed by atoms with Crippen LogP contribution >= 0.6 is 24.0 Å². The number of aliphatic carboxylic acids is 1. The number of hydrogen-bond acceptors (Lipinski definition) is 6. The molecule has 0 aliphatic heterocycles. The second kappa shape index (κ2) is 10.9. The number of anilines is 3. The first-order chi connectivity index (χ1) is 15.3. The van der Waals surface area contributed by atoms with Gasteiger partial charge in [0.15, 0.2) is 5.11 Å². The van der Waals surface area contributed by atoms with E-state index in [1.54, 1.807) is 36.9 Å². The molecule has 1 heterocycles. The van der Waals surface area contributed by atoms with Gasteiger partial charge in [-0.2, -0.15) is 4.98 Å². The number of rotatable bonds is 8. The van der Waals surface area contributed by atoms with Gasteiger partial charge in [-0.25, -0.2) is 9.37 Å². The minimum absolute atomic E-state index is 0.146. The summed E-state index contributed by atoms with van der Waals surface area (Å²) in [6, 6.07) is 14.7.